The highest BCUT2D eigenvalue weighted by Gasteiger charge is 2.32. The van der Waals surface area contributed by atoms with Crippen molar-refractivity contribution in [3.05, 3.63) is 29.6 Å². The van der Waals surface area contributed by atoms with Crippen molar-refractivity contribution in [1.29, 1.82) is 5.41 Å². The minimum atomic E-state index is -0.523. The molecule has 104 valence electrons. The lowest BCUT2D eigenvalue weighted by atomic mass is 10.0. The summed E-state index contributed by atoms with van der Waals surface area (Å²) in [5.41, 5.74) is 6.48. The molecule has 0 aromatic carbocycles. The highest BCUT2D eigenvalue weighted by atomic mass is 16.3. The molecule has 0 amide bonds. The van der Waals surface area contributed by atoms with Crippen LogP contribution in [-0.2, 0) is 6.54 Å². The Kier molecular flexibility index (Phi) is 4.17. The van der Waals surface area contributed by atoms with Crippen LogP contribution in [0.4, 0.5) is 0 Å². The molecule has 5 heteroatoms. The number of likely N-dealkylation sites (N-methyl/N-ethyl adjacent to an activating group) is 1. The standard InChI is InChI=1S/C14H22N4O/c1-18(10-14(19)5-2-3-6-14)9-11-4-7-17-12(8-11)13(15)16/h4,7-8,19H,2-3,5-6,9-10H2,1H3,(H3,15,16). The smallest absolute Gasteiger partial charge is 0.141 e. The van der Waals surface area contributed by atoms with E-state index in [1.165, 1.54) is 0 Å². The Morgan fingerprint density at radius 3 is 2.84 bits per heavy atom. The monoisotopic (exact) mass is 262 g/mol. The van der Waals surface area contributed by atoms with Crippen molar-refractivity contribution >= 4 is 5.84 Å². The number of amidine groups is 1. The molecular weight excluding hydrogens is 240 g/mol. The topological polar surface area (TPSA) is 86.2 Å². The summed E-state index contributed by atoms with van der Waals surface area (Å²) in [7, 11) is 2.00. The van der Waals surface area contributed by atoms with E-state index in [0.717, 1.165) is 37.8 Å². The lowest BCUT2D eigenvalue weighted by Gasteiger charge is -2.28. The predicted molar refractivity (Wildman–Crippen MR) is 75.0 cm³/mol. The van der Waals surface area contributed by atoms with Crippen molar-refractivity contribution in [2.45, 2.75) is 37.8 Å². The Morgan fingerprint density at radius 2 is 2.21 bits per heavy atom. The van der Waals surface area contributed by atoms with Gasteiger partial charge in [0.15, 0.2) is 0 Å². The molecule has 1 aromatic rings. The zero-order valence-electron chi connectivity index (χ0n) is 11.4. The molecule has 0 spiro atoms. The predicted octanol–water partition coefficient (Wildman–Crippen LogP) is 1.10. The van der Waals surface area contributed by atoms with Crippen LogP contribution in [0.2, 0.25) is 0 Å². The Labute approximate surface area is 114 Å². The number of aliphatic hydroxyl groups is 1. The normalized spacial score (nSPS) is 17.8. The lowest BCUT2D eigenvalue weighted by molar-refractivity contribution is 0.0145. The second-order valence-corrected chi connectivity index (χ2v) is 5.57. The van der Waals surface area contributed by atoms with Crippen molar-refractivity contribution in [2.75, 3.05) is 13.6 Å². The van der Waals surface area contributed by atoms with Gasteiger partial charge >= 0.3 is 0 Å². The zero-order valence-corrected chi connectivity index (χ0v) is 11.4. The van der Waals surface area contributed by atoms with Gasteiger partial charge in [-0.2, -0.15) is 0 Å². The van der Waals surface area contributed by atoms with Gasteiger partial charge in [-0.1, -0.05) is 12.8 Å². The van der Waals surface area contributed by atoms with E-state index in [1.807, 2.05) is 19.2 Å². The summed E-state index contributed by atoms with van der Waals surface area (Å²) in [6.07, 6.45) is 5.70. The van der Waals surface area contributed by atoms with Crippen LogP contribution in [0.3, 0.4) is 0 Å². The summed E-state index contributed by atoms with van der Waals surface area (Å²) in [5.74, 6) is -0.0149. The minimum absolute atomic E-state index is 0.0149. The fourth-order valence-corrected chi connectivity index (χ4v) is 2.78. The van der Waals surface area contributed by atoms with Crippen LogP contribution in [0, 0.1) is 5.41 Å². The maximum absolute atomic E-state index is 10.4. The van der Waals surface area contributed by atoms with Gasteiger partial charge < -0.3 is 10.8 Å². The van der Waals surface area contributed by atoms with Gasteiger partial charge in [0, 0.05) is 19.3 Å². The lowest BCUT2D eigenvalue weighted by Crippen LogP contribution is -2.38. The highest BCUT2D eigenvalue weighted by Crippen LogP contribution is 2.30. The fraction of sp³-hybridized carbons (Fsp3) is 0.571. The first-order valence-electron chi connectivity index (χ1n) is 6.69. The van der Waals surface area contributed by atoms with E-state index in [2.05, 4.69) is 9.88 Å². The second-order valence-electron chi connectivity index (χ2n) is 5.57. The number of nitrogens with one attached hydrogen (secondary N) is 1. The van der Waals surface area contributed by atoms with Crippen molar-refractivity contribution in [1.82, 2.24) is 9.88 Å². The summed E-state index contributed by atoms with van der Waals surface area (Å²) < 4.78 is 0. The number of aromatic nitrogens is 1. The average molecular weight is 262 g/mol. The molecule has 2 rings (SSSR count). The number of nitrogen functional groups attached to an aromatic ring is 1. The quantitative estimate of drug-likeness (QED) is 0.548. The average Bonchev–Trinajstić information content (AvgIpc) is 2.75. The van der Waals surface area contributed by atoms with E-state index >= 15 is 0 Å². The first-order valence-corrected chi connectivity index (χ1v) is 6.69. The van der Waals surface area contributed by atoms with Crippen LogP contribution in [0.25, 0.3) is 0 Å². The number of rotatable bonds is 5. The molecule has 0 bridgehead atoms. The summed E-state index contributed by atoms with van der Waals surface area (Å²) in [4.78, 5) is 6.16. The second kappa shape index (κ2) is 5.67. The van der Waals surface area contributed by atoms with Gasteiger partial charge in [-0.15, -0.1) is 0 Å². The number of hydrogen-bond acceptors (Lipinski definition) is 4. The molecule has 0 unspecified atom stereocenters. The van der Waals surface area contributed by atoms with Crippen LogP contribution < -0.4 is 5.73 Å². The Bertz CT molecular complexity index is 455. The van der Waals surface area contributed by atoms with Gasteiger partial charge in [0.2, 0.25) is 0 Å². The molecule has 19 heavy (non-hydrogen) atoms. The van der Waals surface area contributed by atoms with E-state index in [9.17, 15) is 5.11 Å². The van der Waals surface area contributed by atoms with E-state index < -0.39 is 5.60 Å². The Balaban J connectivity index is 1.96. The largest absolute Gasteiger partial charge is 0.389 e. The first kappa shape index (κ1) is 14.0. The van der Waals surface area contributed by atoms with Crippen molar-refractivity contribution in [3.63, 3.8) is 0 Å². The van der Waals surface area contributed by atoms with Crippen LogP contribution in [-0.4, -0.2) is 40.0 Å². The van der Waals surface area contributed by atoms with Gasteiger partial charge in [-0.25, -0.2) is 0 Å². The van der Waals surface area contributed by atoms with Crippen LogP contribution in [0.5, 0.6) is 0 Å². The highest BCUT2D eigenvalue weighted by molar-refractivity contribution is 5.93. The molecule has 1 heterocycles. The molecule has 1 aliphatic rings. The van der Waals surface area contributed by atoms with Crippen LogP contribution in [0.1, 0.15) is 36.9 Å². The third kappa shape index (κ3) is 3.75. The summed E-state index contributed by atoms with van der Waals surface area (Å²) in [6.45, 7) is 1.41. The first-order chi connectivity index (χ1) is 8.98. The molecular formula is C14H22N4O. The van der Waals surface area contributed by atoms with E-state index in [-0.39, 0.29) is 5.84 Å². The molecule has 1 saturated carbocycles. The molecule has 1 aromatic heterocycles. The maximum Gasteiger partial charge on any atom is 0.141 e. The van der Waals surface area contributed by atoms with E-state index in [4.69, 9.17) is 11.1 Å². The Hall–Kier alpha value is -1.46. The zero-order chi connectivity index (χ0) is 13.9. The summed E-state index contributed by atoms with van der Waals surface area (Å²) in [6, 6.07) is 3.75. The molecule has 0 saturated heterocycles. The van der Waals surface area contributed by atoms with Gasteiger partial charge in [0.1, 0.15) is 11.5 Å². The number of hydrogen-bond donors (Lipinski definition) is 3. The Morgan fingerprint density at radius 1 is 1.53 bits per heavy atom. The number of nitrogens with two attached hydrogens (primary N) is 1. The SMILES string of the molecule is CN(Cc1ccnc(C(=N)N)c1)CC1(O)CCCC1. The summed E-state index contributed by atoms with van der Waals surface area (Å²) in [5, 5.41) is 17.8. The molecule has 1 aliphatic carbocycles. The third-order valence-electron chi connectivity index (χ3n) is 3.65. The fourth-order valence-electron chi connectivity index (χ4n) is 2.78. The number of nitrogens with zero attached hydrogens (tertiary/aromatic N) is 2. The summed E-state index contributed by atoms with van der Waals surface area (Å²) >= 11 is 0. The number of pyridine rings is 1. The van der Waals surface area contributed by atoms with Gasteiger partial charge in [-0.3, -0.25) is 15.3 Å². The van der Waals surface area contributed by atoms with E-state index in [1.54, 1.807) is 6.20 Å². The van der Waals surface area contributed by atoms with Crippen molar-refractivity contribution < 1.29 is 5.11 Å². The maximum atomic E-state index is 10.4. The third-order valence-corrected chi connectivity index (χ3v) is 3.65. The molecule has 4 N–H and O–H groups in total. The molecule has 0 atom stereocenters. The minimum Gasteiger partial charge on any atom is -0.389 e. The van der Waals surface area contributed by atoms with Gasteiger partial charge in [-0.05, 0) is 37.6 Å². The van der Waals surface area contributed by atoms with Crippen molar-refractivity contribution in [2.24, 2.45) is 5.73 Å². The molecule has 1 fully saturated rings. The molecule has 5 nitrogen and oxygen atoms in total. The molecule has 0 aliphatic heterocycles. The van der Waals surface area contributed by atoms with Crippen LogP contribution in [0.15, 0.2) is 18.3 Å². The van der Waals surface area contributed by atoms with E-state index in [0.29, 0.717) is 12.2 Å². The van der Waals surface area contributed by atoms with Crippen molar-refractivity contribution in [3.8, 4) is 0 Å². The molecule has 0 radical (unpaired) electrons. The van der Waals surface area contributed by atoms with Gasteiger partial charge in [0.25, 0.3) is 0 Å². The van der Waals surface area contributed by atoms with Crippen LogP contribution >= 0.6 is 0 Å². The van der Waals surface area contributed by atoms with Gasteiger partial charge in [0.05, 0.1) is 5.60 Å².